The van der Waals surface area contributed by atoms with Gasteiger partial charge >= 0.3 is 0 Å². The van der Waals surface area contributed by atoms with E-state index in [4.69, 9.17) is 0 Å². The Morgan fingerprint density at radius 1 is 0.750 bits per heavy atom. The number of hydrogen-bond acceptors (Lipinski definition) is 2. The van der Waals surface area contributed by atoms with Crippen LogP contribution in [0, 0.1) is 0 Å². The Morgan fingerprint density at radius 2 is 1.12 bits per heavy atom. The minimum Gasteiger partial charge on any atom is -0.380 e. The predicted octanol–water partition coefficient (Wildman–Crippen LogP) is 4.11. The first kappa shape index (κ1) is 12.9. The molecule has 1 aromatic carbocycles. The molecule has 16 heavy (non-hydrogen) atoms. The second-order valence-electron chi connectivity index (χ2n) is 6.33. The molecule has 2 nitrogen and oxygen atoms in total. The van der Waals surface area contributed by atoms with Crippen molar-refractivity contribution in [3.8, 4) is 0 Å². The molecule has 2 N–H and O–H groups in total. The fraction of sp³-hybridized carbons (Fsp3) is 0.571. The van der Waals surface area contributed by atoms with E-state index in [2.05, 4.69) is 76.4 Å². The molecule has 0 unspecified atom stereocenters. The van der Waals surface area contributed by atoms with Gasteiger partial charge in [-0.15, -0.1) is 0 Å². The fourth-order valence-electron chi connectivity index (χ4n) is 1.54. The quantitative estimate of drug-likeness (QED) is 0.784. The summed E-state index contributed by atoms with van der Waals surface area (Å²) in [6.07, 6.45) is 0. The van der Waals surface area contributed by atoms with E-state index in [0.717, 1.165) is 11.4 Å². The summed E-state index contributed by atoms with van der Waals surface area (Å²) in [7, 11) is 0. The van der Waals surface area contributed by atoms with Gasteiger partial charge in [-0.1, -0.05) is 6.07 Å². The van der Waals surface area contributed by atoms with Gasteiger partial charge < -0.3 is 10.6 Å². The smallest absolute Gasteiger partial charge is 0.0364 e. The molecule has 0 aliphatic rings. The fourth-order valence-corrected chi connectivity index (χ4v) is 1.54. The molecule has 90 valence electrons. The van der Waals surface area contributed by atoms with Crippen molar-refractivity contribution in [3.63, 3.8) is 0 Å². The van der Waals surface area contributed by atoms with E-state index in [1.165, 1.54) is 0 Å². The third-order valence-electron chi connectivity index (χ3n) is 1.90. The number of benzene rings is 1. The minimum absolute atomic E-state index is 0.0976. The van der Waals surface area contributed by atoms with Crippen molar-refractivity contribution in [2.45, 2.75) is 52.6 Å². The van der Waals surface area contributed by atoms with Crippen molar-refractivity contribution in [1.29, 1.82) is 0 Å². The standard InChI is InChI=1S/C14H24N2/c1-13(2,3)15-11-8-7-9-12(10-11)16-14(4,5)6/h7-10,15-16H,1-6H3. The van der Waals surface area contributed by atoms with Crippen LogP contribution in [-0.2, 0) is 0 Å². The van der Waals surface area contributed by atoms with Gasteiger partial charge in [0.25, 0.3) is 0 Å². The molecule has 0 heterocycles. The van der Waals surface area contributed by atoms with Crippen LogP contribution < -0.4 is 10.6 Å². The average Bonchev–Trinajstić information content (AvgIpc) is 1.96. The molecule has 2 heteroatoms. The number of nitrogens with one attached hydrogen (secondary N) is 2. The van der Waals surface area contributed by atoms with Gasteiger partial charge in [0, 0.05) is 22.5 Å². The lowest BCUT2D eigenvalue weighted by Crippen LogP contribution is -2.27. The Hall–Kier alpha value is -1.18. The zero-order chi connectivity index (χ0) is 12.4. The van der Waals surface area contributed by atoms with Crippen LogP contribution in [0.15, 0.2) is 24.3 Å². The molecule has 0 radical (unpaired) electrons. The van der Waals surface area contributed by atoms with E-state index in [1.54, 1.807) is 0 Å². The maximum absolute atomic E-state index is 3.47. The molecule has 0 spiro atoms. The van der Waals surface area contributed by atoms with Crippen LogP contribution in [0.4, 0.5) is 11.4 Å². The maximum Gasteiger partial charge on any atom is 0.0364 e. The maximum atomic E-state index is 3.47. The van der Waals surface area contributed by atoms with Crippen molar-refractivity contribution in [2.24, 2.45) is 0 Å². The Balaban J connectivity index is 2.79. The van der Waals surface area contributed by atoms with Gasteiger partial charge in [0.2, 0.25) is 0 Å². The zero-order valence-corrected chi connectivity index (χ0v) is 11.3. The second kappa shape index (κ2) is 4.36. The molecule has 0 aliphatic heterocycles. The summed E-state index contributed by atoms with van der Waals surface area (Å²) in [5.74, 6) is 0. The lowest BCUT2D eigenvalue weighted by molar-refractivity contribution is 0.631. The molecule has 1 rings (SSSR count). The van der Waals surface area contributed by atoms with Gasteiger partial charge in [0.05, 0.1) is 0 Å². The van der Waals surface area contributed by atoms with Crippen LogP contribution in [0.3, 0.4) is 0 Å². The summed E-state index contributed by atoms with van der Waals surface area (Å²) in [6, 6.07) is 8.41. The third-order valence-corrected chi connectivity index (χ3v) is 1.90. The Kier molecular flexibility index (Phi) is 3.51. The minimum atomic E-state index is 0.0976. The van der Waals surface area contributed by atoms with Crippen molar-refractivity contribution < 1.29 is 0 Å². The summed E-state index contributed by atoms with van der Waals surface area (Å²) in [5, 5.41) is 6.93. The lowest BCUT2D eigenvalue weighted by Gasteiger charge is -2.25. The van der Waals surface area contributed by atoms with Gasteiger partial charge in [0.15, 0.2) is 0 Å². The van der Waals surface area contributed by atoms with Crippen molar-refractivity contribution in [3.05, 3.63) is 24.3 Å². The van der Waals surface area contributed by atoms with Crippen molar-refractivity contribution in [1.82, 2.24) is 0 Å². The Morgan fingerprint density at radius 3 is 1.44 bits per heavy atom. The van der Waals surface area contributed by atoms with E-state index in [1.807, 2.05) is 0 Å². The normalized spacial score (nSPS) is 12.4. The van der Waals surface area contributed by atoms with Crippen molar-refractivity contribution in [2.75, 3.05) is 10.6 Å². The highest BCUT2D eigenvalue weighted by molar-refractivity contribution is 5.58. The molecule has 0 aromatic heterocycles. The van der Waals surface area contributed by atoms with Gasteiger partial charge in [-0.2, -0.15) is 0 Å². The highest BCUT2D eigenvalue weighted by Crippen LogP contribution is 2.21. The van der Waals surface area contributed by atoms with Crippen molar-refractivity contribution >= 4 is 11.4 Å². The van der Waals surface area contributed by atoms with Crippen LogP contribution in [0.1, 0.15) is 41.5 Å². The summed E-state index contributed by atoms with van der Waals surface area (Å²) >= 11 is 0. The summed E-state index contributed by atoms with van der Waals surface area (Å²) in [6.45, 7) is 13.0. The van der Waals surface area contributed by atoms with E-state index in [9.17, 15) is 0 Å². The highest BCUT2D eigenvalue weighted by atomic mass is 15.0. The molecule has 0 fully saturated rings. The molecule has 0 aliphatic carbocycles. The van der Waals surface area contributed by atoms with E-state index >= 15 is 0 Å². The van der Waals surface area contributed by atoms with Crippen LogP contribution in [-0.4, -0.2) is 11.1 Å². The largest absolute Gasteiger partial charge is 0.380 e. The second-order valence-corrected chi connectivity index (χ2v) is 6.33. The molecule has 1 aromatic rings. The molecule has 0 bridgehead atoms. The highest BCUT2D eigenvalue weighted by Gasteiger charge is 2.11. The SMILES string of the molecule is CC(C)(C)Nc1cccc(NC(C)(C)C)c1. The van der Waals surface area contributed by atoms with Gasteiger partial charge in [-0.3, -0.25) is 0 Å². The lowest BCUT2D eigenvalue weighted by atomic mass is 10.1. The molecule has 0 saturated heterocycles. The number of anilines is 2. The van der Waals surface area contributed by atoms with E-state index < -0.39 is 0 Å². The van der Waals surface area contributed by atoms with E-state index in [0.29, 0.717) is 0 Å². The van der Waals surface area contributed by atoms with Crippen LogP contribution in [0.25, 0.3) is 0 Å². The molecule has 0 atom stereocenters. The molecule has 0 amide bonds. The summed E-state index contributed by atoms with van der Waals surface area (Å²) in [5.41, 5.74) is 2.50. The number of hydrogen-bond donors (Lipinski definition) is 2. The van der Waals surface area contributed by atoms with Crippen LogP contribution >= 0.6 is 0 Å². The summed E-state index contributed by atoms with van der Waals surface area (Å²) < 4.78 is 0. The van der Waals surface area contributed by atoms with Crippen LogP contribution in [0.5, 0.6) is 0 Å². The van der Waals surface area contributed by atoms with Gasteiger partial charge in [0.1, 0.15) is 0 Å². The number of rotatable bonds is 2. The first-order valence-electron chi connectivity index (χ1n) is 5.82. The molecular formula is C14H24N2. The topological polar surface area (TPSA) is 24.1 Å². The summed E-state index contributed by atoms with van der Waals surface area (Å²) in [4.78, 5) is 0. The van der Waals surface area contributed by atoms with Gasteiger partial charge in [-0.05, 0) is 59.7 Å². The predicted molar refractivity (Wildman–Crippen MR) is 73.2 cm³/mol. The molecular weight excluding hydrogens is 196 g/mol. The Bertz CT molecular complexity index is 311. The first-order chi connectivity index (χ1) is 7.16. The Labute approximate surface area is 99.5 Å². The average molecular weight is 220 g/mol. The monoisotopic (exact) mass is 220 g/mol. The third kappa shape index (κ3) is 5.06. The van der Waals surface area contributed by atoms with E-state index in [-0.39, 0.29) is 11.1 Å². The van der Waals surface area contributed by atoms with Crippen LogP contribution in [0.2, 0.25) is 0 Å². The van der Waals surface area contributed by atoms with Gasteiger partial charge in [-0.25, -0.2) is 0 Å². The first-order valence-corrected chi connectivity index (χ1v) is 5.82. The zero-order valence-electron chi connectivity index (χ0n) is 11.3. The molecule has 0 saturated carbocycles.